The fourth-order valence-electron chi connectivity index (χ4n) is 3.93. The summed E-state index contributed by atoms with van der Waals surface area (Å²) in [5.74, 6) is -0.407. The van der Waals surface area contributed by atoms with Crippen molar-refractivity contribution in [3.8, 4) is 0 Å². The van der Waals surface area contributed by atoms with Crippen molar-refractivity contribution >= 4 is 34.2 Å². The highest BCUT2D eigenvalue weighted by Gasteiger charge is 2.26. The number of aromatic nitrogens is 1. The second kappa shape index (κ2) is 8.77. The highest BCUT2D eigenvalue weighted by atomic mass is 19.1. The number of piperidine rings is 1. The van der Waals surface area contributed by atoms with Crippen molar-refractivity contribution in [2.45, 2.75) is 18.9 Å². The van der Waals surface area contributed by atoms with Crippen LogP contribution in [0.2, 0.25) is 0 Å². The van der Waals surface area contributed by atoms with E-state index in [1.807, 2.05) is 31.1 Å². The van der Waals surface area contributed by atoms with Gasteiger partial charge in [-0.2, -0.15) is 0 Å². The molecule has 1 aliphatic heterocycles. The maximum Gasteiger partial charge on any atom is 0.323 e. The molecule has 2 heterocycles. The van der Waals surface area contributed by atoms with E-state index in [0.29, 0.717) is 29.7 Å². The van der Waals surface area contributed by atoms with Crippen LogP contribution in [-0.4, -0.2) is 59.9 Å². The van der Waals surface area contributed by atoms with Gasteiger partial charge in [0.05, 0.1) is 5.69 Å². The first-order chi connectivity index (χ1) is 14.9. The fourth-order valence-corrected chi connectivity index (χ4v) is 3.93. The summed E-state index contributed by atoms with van der Waals surface area (Å²) in [4.78, 5) is 32.7. The minimum atomic E-state index is -0.446. The number of amides is 3. The normalized spacial score (nSPS) is 16.5. The van der Waals surface area contributed by atoms with E-state index >= 15 is 0 Å². The molecule has 0 bridgehead atoms. The predicted octanol–water partition coefficient (Wildman–Crippen LogP) is 4.12. The zero-order valence-corrected chi connectivity index (χ0v) is 17.6. The van der Waals surface area contributed by atoms with Gasteiger partial charge in [0.15, 0.2) is 0 Å². The van der Waals surface area contributed by atoms with Crippen LogP contribution in [0.15, 0.2) is 48.5 Å². The molecule has 2 aromatic carbocycles. The van der Waals surface area contributed by atoms with Crippen LogP contribution in [0.25, 0.3) is 10.9 Å². The number of H-pyrrole nitrogens is 1. The van der Waals surface area contributed by atoms with Crippen LogP contribution in [0.1, 0.15) is 23.3 Å². The zero-order chi connectivity index (χ0) is 22.0. The van der Waals surface area contributed by atoms with Crippen LogP contribution >= 0.6 is 0 Å². The monoisotopic (exact) mass is 423 g/mol. The van der Waals surface area contributed by atoms with Gasteiger partial charge in [-0.1, -0.05) is 6.07 Å². The number of anilines is 2. The molecule has 0 aliphatic carbocycles. The lowest BCUT2D eigenvalue weighted by Gasteiger charge is -2.35. The molecule has 7 nitrogen and oxygen atoms in total. The van der Waals surface area contributed by atoms with Gasteiger partial charge < -0.3 is 25.4 Å². The van der Waals surface area contributed by atoms with Crippen molar-refractivity contribution in [2.75, 3.05) is 37.8 Å². The number of rotatable bonds is 4. The van der Waals surface area contributed by atoms with Crippen LogP contribution < -0.4 is 10.6 Å². The Balaban J connectivity index is 1.50. The lowest BCUT2D eigenvalue weighted by molar-refractivity contribution is 0.0630. The molecule has 4 rings (SSSR count). The molecule has 1 aliphatic rings. The van der Waals surface area contributed by atoms with E-state index in [-0.39, 0.29) is 11.7 Å². The summed E-state index contributed by atoms with van der Waals surface area (Å²) in [7, 11) is 4.08. The number of carbonyl (C=O) groups is 2. The maximum atomic E-state index is 13.1. The van der Waals surface area contributed by atoms with Gasteiger partial charge in [-0.15, -0.1) is 0 Å². The molecule has 8 heteroatoms. The van der Waals surface area contributed by atoms with Crippen LogP contribution in [0.4, 0.5) is 20.6 Å². The average molecular weight is 423 g/mol. The molecule has 3 amide bonds. The highest BCUT2D eigenvalue weighted by Crippen LogP contribution is 2.26. The minimum absolute atomic E-state index is 0.0375. The van der Waals surface area contributed by atoms with E-state index in [2.05, 4.69) is 20.5 Å². The van der Waals surface area contributed by atoms with E-state index in [4.69, 9.17) is 0 Å². The summed E-state index contributed by atoms with van der Waals surface area (Å²) in [6.07, 6.45) is 2.06. The third-order valence-corrected chi connectivity index (χ3v) is 5.66. The second-order valence-corrected chi connectivity index (χ2v) is 8.05. The number of likely N-dealkylation sites (tertiary alicyclic amines) is 1. The lowest BCUT2D eigenvalue weighted by atomic mass is 10.0. The Bertz CT molecular complexity index is 1090. The number of fused-ring (bicyclic) bond motifs is 1. The van der Waals surface area contributed by atoms with Crippen molar-refractivity contribution in [1.82, 2.24) is 14.8 Å². The summed E-state index contributed by atoms with van der Waals surface area (Å²) in [5, 5.41) is 6.23. The first-order valence-electron chi connectivity index (χ1n) is 10.3. The van der Waals surface area contributed by atoms with E-state index < -0.39 is 6.03 Å². The van der Waals surface area contributed by atoms with Crippen LogP contribution in [0.5, 0.6) is 0 Å². The molecule has 162 valence electrons. The predicted molar refractivity (Wildman–Crippen MR) is 120 cm³/mol. The summed E-state index contributed by atoms with van der Waals surface area (Å²) < 4.78 is 13.0. The number of nitrogens with zero attached hydrogens (tertiary/aromatic N) is 2. The first kappa shape index (κ1) is 20.9. The van der Waals surface area contributed by atoms with E-state index in [0.717, 1.165) is 30.3 Å². The molecule has 0 saturated carbocycles. The van der Waals surface area contributed by atoms with Gasteiger partial charge in [0.1, 0.15) is 11.5 Å². The number of nitrogens with one attached hydrogen (secondary N) is 3. The molecule has 1 unspecified atom stereocenters. The zero-order valence-electron chi connectivity index (χ0n) is 17.6. The molecular weight excluding hydrogens is 397 g/mol. The van der Waals surface area contributed by atoms with Crippen molar-refractivity contribution in [3.05, 3.63) is 60.0 Å². The van der Waals surface area contributed by atoms with Crippen LogP contribution in [0, 0.1) is 5.82 Å². The van der Waals surface area contributed by atoms with Crippen LogP contribution in [0.3, 0.4) is 0 Å². The standard InChI is InChI=1S/C23H26FN5O2/c1-28(2)17-5-4-12-29(14-17)22(30)21-13-18-19(26-21)6-3-7-20(18)27-23(31)25-16-10-8-15(24)9-11-16/h3,6-11,13,17,26H,4-5,12,14H2,1-2H3,(H2,25,27,31). The number of urea groups is 1. The maximum absolute atomic E-state index is 13.1. The number of benzene rings is 2. The van der Waals surface area contributed by atoms with E-state index in [9.17, 15) is 14.0 Å². The molecule has 1 fully saturated rings. The van der Waals surface area contributed by atoms with E-state index in [1.165, 1.54) is 24.3 Å². The lowest BCUT2D eigenvalue weighted by Crippen LogP contribution is -2.47. The van der Waals surface area contributed by atoms with Crippen molar-refractivity contribution in [1.29, 1.82) is 0 Å². The number of likely N-dealkylation sites (N-methyl/N-ethyl adjacent to an activating group) is 1. The van der Waals surface area contributed by atoms with Gasteiger partial charge in [-0.05, 0) is 69.4 Å². The first-order valence-corrected chi connectivity index (χ1v) is 10.3. The van der Waals surface area contributed by atoms with Gasteiger partial charge >= 0.3 is 6.03 Å². The Morgan fingerprint density at radius 1 is 1.13 bits per heavy atom. The van der Waals surface area contributed by atoms with E-state index in [1.54, 1.807) is 12.1 Å². The molecule has 0 radical (unpaired) electrons. The van der Waals surface area contributed by atoms with Crippen molar-refractivity contribution < 1.29 is 14.0 Å². The smallest absolute Gasteiger partial charge is 0.323 e. The Labute approximate surface area is 180 Å². The van der Waals surface area contributed by atoms with Crippen molar-refractivity contribution in [2.24, 2.45) is 0 Å². The van der Waals surface area contributed by atoms with Crippen molar-refractivity contribution in [3.63, 3.8) is 0 Å². The van der Waals surface area contributed by atoms with Crippen LogP contribution in [-0.2, 0) is 0 Å². The molecular formula is C23H26FN5O2. The molecule has 31 heavy (non-hydrogen) atoms. The molecule has 3 aromatic rings. The summed E-state index contributed by atoms with van der Waals surface area (Å²) in [6, 6.07) is 12.7. The third-order valence-electron chi connectivity index (χ3n) is 5.66. The summed E-state index contributed by atoms with van der Waals surface area (Å²) >= 11 is 0. The second-order valence-electron chi connectivity index (χ2n) is 8.05. The number of hydrogen-bond acceptors (Lipinski definition) is 3. The number of hydrogen-bond donors (Lipinski definition) is 3. The molecule has 3 N–H and O–H groups in total. The fraction of sp³-hybridized carbons (Fsp3) is 0.304. The topological polar surface area (TPSA) is 80.5 Å². The van der Waals surface area contributed by atoms with Gasteiger partial charge in [0.25, 0.3) is 5.91 Å². The summed E-state index contributed by atoms with van der Waals surface area (Å²) in [5.41, 5.74) is 2.33. The summed E-state index contributed by atoms with van der Waals surface area (Å²) in [6.45, 7) is 1.44. The minimum Gasteiger partial charge on any atom is -0.350 e. The van der Waals surface area contributed by atoms with Gasteiger partial charge in [0.2, 0.25) is 0 Å². The number of aromatic amines is 1. The molecule has 1 atom stereocenters. The quantitative estimate of drug-likeness (QED) is 0.591. The Hall–Kier alpha value is -3.39. The molecule has 1 aromatic heterocycles. The average Bonchev–Trinajstić information content (AvgIpc) is 3.20. The Morgan fingerprint density at radius 2 is 1.90 bits per heavy atom. The highest BCUT2D eigenvalue weighted by molar-refractivity contribution is 6.08. The largest absolute Gasteiger partial charge is 0.350 e. The third kappa shape index (κ3) is 4.69. The molecule has 1 saturated heterocycles. The van der Waals surface area contributed by atoms with Gasteiger partial charge in [-0.25, -0.2) is 9.18 Å². The molecule has 0 spiro atoms. The Kier molecular flexibility index (Phi) is 5.90. The van der Waals surface area contributed by atoms with Gasteiger partial charge in [-0.3, -0.25) is 4.79 Å². The number of halogens is 1. The Morgan fingerprint density at radius 3 is 2.65 bits per heavy atom. The van der Waals surface area contributed by atoms with Gasteiger partial charge in [0, 0.05) is 35.7 Å². The number of carbonyl (C=O) groups excluding carboxylic acids is 2. The SMILES string of the molecule is CN(C)C1CCCN(C(=O)c2cc3c(NC(=O)Nc4ccc(F)cc4)cccc3[nH]2)C1.